The molecule has 1 saturated heterocycles. The summed E-state index contributed by atoms with van der Waals surface area (Å²) in [5.74, 6) is -2.82. The number of para-hydroxylation sites is 1. The van der Waals surface area contributed by atoms with E-state index < -0.39 is 34.7 Å². The summed E-state index contributed by atoms with van der Waals surface area (Å²) in [4.78, 5) is 30.2. The van der Waals surface area contributed by atoms with Crippen molar-refractivity contribution < 1.29 is 23.1 Å². The van der Waals surface area contributed by atoms with Gasteiger partial charge in [-0.1, -0.05) is 18.2 Å². The number of likely N-dealkylation sites (tertiary alicyclic amines) is 1. The molecule has 2 aliphatic rings. The van der Waals surface area contributed by atoms with Gasteiger partial charge in [-0.15, -0.1) is 11.3 Å². The second-order valence-electron chi connectivity index (χ2n) is 11.1. The van der Waals surface area contributed by atoms with E-state index in [-0.39, 0.29) is 17.7 Å². The summed E-state index contributed by atoms with van der Waals surface area (Å²) in [6, 6.07) is 10.3. The number of nitrogens with two attached hydrogens (primary N) is 3. The van der Waals surface area contributed by atoms with Crippen molar-refractivity contribution in [1.29, 1.82) is 0 Å². The van der Waals surface area contributed by atoms with Crippen LogP contribution in [0.25, 0.3) is 10.1 Å². The van der Waals surface area contributed by atoms with Crippen molar-refractivity contribution >= 4 is 38.8 Å². The number of carbonyl (C=O) groups excluding carboxylic acids is 2. The molecule has 1 aliphatic carbocycles. The number of likely N-dealkylation sites (N-methyl/N-ethyl adjacent to an activating group) is 1. The van der Waals surface area contributed by atoms with Gasteiger partial charge in [-0.2, -0.15) is 0 Å². The summed E-state index contributed by atoms with van der Waals surface area (Å²) in [6.45, 7) is 3.44. The Morgan fingerprint density at radius 3 is 2.55 bits per heavy atom. The van der Waals surface area contributed by atoms with Gasteiger partial charge in [0.05, 0.1) is 15.6 Å². The first-order valence-electron chi connectivity index (χ1n) is 13.7. The van der Waals surface area contributed by atoms with Gasteiger partial charge in [-0.25, -0.2) is 8.78 Å². The van der Waals surface area contributed by atoms with Gasteiger partial charge in [-0.3, -0.25) is 9.59 Å². The number of carbonyl (C=O) groups is 2. The van der Waals surface area contributed by atoms with E-state index in [1.165, 1.54) is 23.5 Å². The zero-order valence-corrected chi connectivity index (χ0v) is 24.0. The molecular weight excluding hydrogens is 560 g/mol. The monoisotopic (exact) mass is 591 g/mol. The van der Waals surface area contributed by atoms with Crippen LogP contribution in [0.15, 0.2) is 48.5 Å². The number of amides is 1. The Balaban J connectivity index is 1.43. The van der Waals surface area contributed by atoms with Crippen LogP contribution in [0.3, 0.4) is 0 Å². The van der Waals surface area contributed by atoms with Crippen molar-refractivity contribution in [2.45, 2.75) is 37.4 Å². The Hall–Kier alpha value is -3.90. The van der Waals surface area contributed by atoms with Gasteiger partial charge in [-0.05, 0) is 80.4 Å². The Bertz CT molecular complexity index is 1740. The van der Waals surface area contributed by atoms with Crippen molar-refractivity contribution in [2.24, 2.45) is 11.5 Å². The Kier molecular flexibility index (Phi) is 7.01. The highest BCUT2D eigenvalue weighted by molar-refractivity contribution is 7.21. The summed E-state index contributed by atoms with van der Waals surface area (Å²) in [7, 11) is 2.02. The second kappa shape index (κ2) is 10.4. The molecular formula is C31H31F2N5O3S. The fourth-order valence-electron chi connectivity index (χ4n) is 6.20. The Morgan fingerprint density at radius 2 is 1.86 bits per heavy atom. The molecule has 11 heteroatoms. The molecule has 7 N–H and O–H groups in total. The zero-order chi connectivity index (χ0) is 29.9. The van der Waals surface area contributed by atoms with Crippen LogP contribution < -0.4 is 27.3 Å². The summed E-state index contributed by atoms with van der Waals surface area (Å²) in [6.07, 6.45) is 1.84. The van der Waals surface area contributed by atoms with Crippen LogP contribution in [-0.2, 0) is 10.3 Å². The maximum absolute atomic E-state index is 14.2. The third kappa shape index (κ3) is 4.44. The van der Waals surface area contributed by atoms with Crippen molar-refractivity contribution in [1.82, 2.24) is 10.2 Å². The first kappa shape index (κ1) is 28.2. The second-order valence-corrected chi connectivity index (χ2v) is 12.1. The van der Waals surface area contributed by atoms with E-state index in [0.29, 0.717) is 42.9 Å². The molecule has 0 saturated carbocycles. The van der Waals surface area contributed by atoms with Gasteiger partial charge in [0.15, 0.2) is 23.2 Å². The van der Waals surface area contributed by atoms with Crippen LogP contribution in [0.5, 0.6) is 11.5 Å². The molecule has 2 heterocycles. The highest BCUT2D eigenvalue weighted by atomic mass is 32.1. The number of rotatable bonds is 5. The van der Waals surface area contributed by atoms with E-state index in [1.54, 1.807) is 31.2 Å². The fraction of sp³-hybridized carbons (Fsp3) is 0.290. The van der Waals surface area contributed by atoms with Crippen molar-refractivity contribution in [2.75, 3.05) is 25.9 Å². The molecule has 42 heavy (non-hydrogen) atoms. The van der Waals surface area contributed by atoms with Crippen LogP contribution in [0, 0.1) is 18.6 Å². The molecule has 1 aromatic heterocycles. The molecule has 1 aliphatic heterocycles. The van der Waals surface area contributed by atoms with E-state index >= 15 is 0 Å². The maximum Gasteiger partial charge on any atom is 0.262 e. The lowest BCUT2D eigenvalue weighted by Gasteiger charge is -2.37. The highest BCUT2D eigenvalue weighted by Gasteiger charge is 2.49. The van der Waals surface area contributed by atoms with E-state index in [4.69, 9.17) is 21.9 Å². The minimum Gasteiger partial charge on any atom is -0.451 e. The zero-order valence-electron chi connectivity index (χ0n) is 23.2. The number of benzene rings is 3. The van der Waals surface area contributed by atoms with Crippen LogP contribution in [-0.4, -0.2) is 42.8 Å². The van der Waals surface area contributed by atoms with Gasteiger partial charge in [0, 0.05) is 29.2 Å². The maximum atomic E-state index is 14.2. The predicted octanol–water partition coefficient (Wildman–Crippen LogP) is 4.47. The predicted molar refractivity (Wildman–Crippen MR) is 159 cm³/mol. The number of piperidine rings is 1. The topological polar surface area (TPSA) is 137 Å². The number of aryl methyl sites for hydroxylation is 1. The standard InChI is InChI=1S/C31H31F2N5O3S/c1-15-13-17(41-26-20(32)6-3-7-21(26)33)8-9-18(15)31(36)19-10-11-22(34)27-23(19)24(25(35)29(31)39)28(42-27)30(40)37-16-5-4-12-38(2)14-16/h3,6-11,13,16,25H,4-5,12,14,34-36H2,1-2H3,(H,37,40). The molecule has 3 aromatic carbocycles. The number of Topliss-reactive ketones (excluding diaryl/α,β-unsaturated/α-hetero) is 1. The normalized spacial score (nSPS) is 22.4. The number of anilines is 1. The average Bonchev–Trinajstić information content (AvgIpc) is 3.35. The molecule has 4 aromatic rings. The van der Waals surface area contributed by atoms with Crippen molar-refractivity contribution in [3.05, 3.63) is 87.3 Å². The van der Waals surface area contributed by atoms with Gasteiger partial charge in [0.2, 0.25) is 0 Å². The van der Waals surface area contributed by atoms with Gasteiger partial charge < -0.3 is 32.2 Å². The minimum absolute atomic E-state index is 0.0178. The van der Waals surface area contributed by atoms with Gasteiger partial charge in [0.25, 0.3) is 5.91 Å². The number of nitrogens with one attached hydrogen (secondary N) is 1. The Morgan fingerprint density at radius 1 is 1.14 bits per heavy atom. The highest BCUT2D eigenvalue weighted by Crippen LogP contribution is 2.50. The quantitative estimate of drug-likeness (QED) is 0.251. The molecule has 3 atom stereocenters. The fourth-order valence-corrected chi connectivity index (χ4v) is 7.41. The molecule has 0 bridgehead atoms. The number of nitrogens with zero attached hydrogens (tertiary/aromatic N) is 1. The molecule has 3 unspecified atom stereocenters. The number of hydrogen-bond acceptors (Lipinski definition) is 8. The molecule has 218 valence electrons. The van der Waals surface area contributed by atoms with Crippen LogP contribution in [0.2, 0.25) is 0 Å². The minimum atomic E-state index is -1.68. The lowest BCUT2D eigenvalue weighted by atomic mass is 9.69. The van der Waals surface area contributed by atoms with E-state index in [2.05, 4.69) is 10.2 Å². The first-order chi connectivity index (χ1) is 20.0. The largest absolute Gasteiger partial charge is 0.451 e. The third-order valence-corrected chi connectivity index (χ3v) is 9.49. The molecule has 1 fully saturated rings. The lowest BCUT2D eigenvalue weighted by molar-refractivity contribution is -0.124. The average molecular weight is 592 g/mol. The van der Waals surface area contributed by atoms with Crippen molar-refractivity contribution in [3.8, 4) is 11.5 Å². The molecule has 6 rings (SSSR count). The Labute approximate surface area is 245 Å². The molecule has 1 amide bonds. The summed E-state index contributed by atoms with van der Waals surface area (Å²) < 4.78 is 34.5. The number of ketones is 1. The molecule has 0 radical (unpaired) electrons. The summed E-state index contributed by atoms with van der Waals surface area (Å²) in [5, 5.41) is 3.72. The smallest absolute Gasteiger partial charge is 0.262 e. The van der Waals surface area contributed by atoms with E-state index in [9.17, 15) is 18.4 Å². The number of nitrogen functional groups attached to an aromatic ring is 1. The number of thiophene rings is 1. The number of halogens is 2. The third-order valence-electron chi connectivity index (χ3n) is 8.24. The summed E-state index contributed by atoms with van der Waals surface area (Å²) in [5.41, 5.74) is 20.7. The van der Waals surface area contributed by atoms with Crippen molar-refractivity contribution in [3.63, 3.8) is 0 Å². The van der Waals surface area contributed by atoms with Crippen LogP contribution >= 0.6 is 11.3 Å². The lowest BCUT2D eigenvalue weighted by Crippen LogP contribution is -2.53. The SMILES string of the molecule is Cc1cc(Oc2c(F)cccc2F)ccc1C1(N)C(=O)C(N)c2c(C(=O)NC3CCCN(C)C3)sc3c(N)ccc1c23. The van der Waals surface area contributed by atoms with E-state index in [0.717, 1.165) is 38.1 Å². The van der Waals surface area contributed by atoms with Crippen LogP contribution in [0.1, 0.15) is 50.8 Å². The number of hydrogen-bond donors (Lipinski definition) is 4. The van der Waals surface area contributed by atoms with Gasteiger partial charge in [0.1, 0.15) is 11.3 Å². The first-order valence-corrected chi connectivity index (χ1v) is 14.5. The molecule has 0 spiro atoms. The van der Waals surface area contributed by atoms with Gasteiger partial charge >= 0.3 is 0 Å². The summed E-state index contributed by atoms with van der Waals surface area (Å²) >= 11 is 1.21. The number of ether oxygens (including phenoxy) is 1. The van der Waals surface area contributed by atoms with E-state index in [1.807, 2.05) is 7.05 Å². The molecule has 8 nitrogen and oxygen atoms in total. The van der Waals surface area contributed by atoms with Crippen LogP contribution in [0.4, 0.5) is 14.5 Å².